The first-order chi connectivity index (χ1) is 16.6. The van der Waals surface area contributed by atoms with E-state index in [0.717, 1.165) is 33.8 Å². The molecule has 4 aromatic heterocycles. The van der Waals surface area contributed by atoms with Gasteiger partial charge in [-0.2, -0.15) is 4.98 Å². The number of aryl methyl sites for hydroxylation is 1. The molecule has 1 saturated carbocycles. The van der Waals surface area contributed by atoms with E-state index in [1.54, 1.807) is 4.52 Å². The normalized spacial score (nSPS) is 15.0. The largest absolute Gasteiger partial charge is 0.390 e. The Morgan fingerprint density at radius 3 is 2.40 bits per heavy atom. The van der Waals surface area contributed by atoms with E-state index in [4.69, 9.17) is 10.7 Å². The lowest BCUT2D eigenvalue weighted by Crippen LogP contribution is -2.32. The zero-order chi connectivity index (χ0) is 25.3. The lowest BCUT2D eigenvalue weighted by Gasteiger charge is -2.32. The van der Waals surface area contributed by atoms with E-state index in [-0.39, 0.29) is 12.0 Å². The van der Waals surface area contributed by atoms with Crippen molar-refractivity contribution in [3.8, 4) is 11.3 Å². The molecule has 0 spiro atoms. The molecule has 188 valence electrons. The molecule has 0 amide bonds. The maximum atomic E-state index is 9.64. The molecule has 1 aliphatic rings. The average Bonchev–Trinajstić information content (AvgIpc) is 3.38. The van der Waals surface area contributed by atoms with Gasteiger partial charge in [-0.15, -0.1) is 5.10 Å². The Kier molecular flexibility index (Phi) is 6.98. The third kappa shape index (κ3) is 5.10. The first-order valence-electron chi connectivity index (χ1n) is 12.5. The summed E-state index contributed by atoms with van der Waals surface area (Å²) in [6.07, 6.45) is 8.31. The minimum Gasteiger partial charge on any atom is -0.390 e. The minimum atomic E-state index is -0.430. The summed E-state index contributed by atoms with van der Waals surface area (Å²) in [6, 6.07) is 6.24. The smallest absolute Gasteiger partial charge is 0.240 e. The molecule has 0 aromatic carbocycles. The fourth-order valence-electron chi connectivity index (χ4n) is 5.09. The van der Waals surface area contributed by atoms with Gasteiger partial charge in [0.05, 0.1) is 11.3 Å². The van der Waals surface area contributed by atoms with Crippen molar-refractivity contribution in [1.82, 2.24) is 29.1 Å². The molecule has 9 nitrogen and oxygen atoms in total. The molecule has 1 fully saturated rings. The summed E-state index contributed by atoms with van der Waals surface area (Å²) in [5, 5.41) is 17.0. The zero-order valence-electron chi connectivity index (χ0n) is 21.7. The monoisotopic (exact) mass is 478 g/mol. The quantitative estimate of drug-likeness (QED) is 0.378. The molecular formula is C26H38N8O. The Bertz CT molecular complexity index is 1310. The Labute approximate surface area is 206 Å². The maximum Gasteiger partial charge on any atom is 0.240 e. The number of aromatic nitrogens is 6. The molecule has 0 atom stereocenters. The van der Waals surface area contributed by atoms with Gasteiger partial charge in [-0.25, -0.2) is 14.5 Å². The van der Waals surface area contributed by atoms with Crippen LogP contribution in [0.4, 0.5) is 11.8 Å². The topological polar surface area (TPSA) is 119 Å². The van der Waals surface area contributed by atoms with Crippen LogP contribution in [0.1, 0.15) is 71.7 Å². The van der Waals surface area contributed by atoms with E-state index in [0.29, 0.717) is 11.7 Å². The molecule has 35 heavy (non-hydrogen) atoms. The lowest BCUT2D eigenvalue weighted by atomic mass is 9.79. The number of nitrogens with zero attached hydrogens (tertiary/aromatic N) is 6. The Morgan fingerprint density at radius 2 is 1.80 bits per heavy atom. The molecule has 9 heteroatoms. The van der Waals surface area contributed by atoms with Crippen molar-refractivity contribution >= 4 is 28.4 Å². The summed E-state index contributed by atoms with van der Waals surface area (Å²) in [5.74, 6) is 2.41. The number of nitrogens with two attached hydrogens (primary N) is 1. The minimum absolute atomic E-state index is 0.218. The predicted octanol–water partition coefficient (Wildman–Crippen LogP) is 4.99. The van der Waals surface area contributed by atoms with Crippen LogP contribution in [-0.2, 0) is 0 Å². The Hall–Kier alpha value is -3.20. The number of pyridine rings is 1. The third-order valence-corrected chi connectivity index (χ3v) is 6.87. The zero-order valence-corrected chi connectivity index (χ0v) is 21.7. The number of anilines is 2. The molecule has 4 aromatic rings. The Balaban J connectivity index is 0.000000243. The molecule has 0 bridgehead atoms. The van der Waals surface area contributed by atoms with E-state index >= 15 is 0 Å². The van der Waals surface area contributed by atoms with Gasteiger partial charge in [0.2, 0.25) is 5.95 Å². The van der Waals surface area contributed by atoms with Crippen LogP contribution in [0, 0.1) is 12.8 Å². The number of nitrogens with one attached hydrogen (secondary N) is 1. The van der Waals surface area contributed by atoms with Crippen molar-refractivity contribution in [1.29, 1.82) is 0 Å². The van der Waals surface area contributed by atoms with Gasteiger partial charge in [-0.3, -0.25) is 0 Å². The molecule has 0 saturated heterocycles. The van der Waals surface area contributed by atoms with Crippen LogP contribution >= 0.6 is 0 Å². The predicted molar refractivity (Wildman–Crippen MR) is 141 cm³/mol. The van der Waals surface area contributed by atoms with Gasteiger partial charge in [0.1, 0.15) is 16.9 Å². The van der Waals surface area contributed by atoms with Gasteiger partial charge in [0, 0.05) is 24.8 Å². The van der Waals surface area contributed by atoms with Crippen LogP contribution in [0.2, 0.25) is 0 Å². The number of fused-ring (bicyclic) bond motifs is 2. The van der Waals surface area contributed by atoms with E-state index in [9.17, 15) is 5.11 Å². The summed E-state index contributed by atoms with van der Waals surface area (Å²) < 4.78 is 3.87. The third-order valence-electron chi connectivity index (χ3n) is 6.87. The first kappa shape index (κ1) is 24.9. The van der Waals surface area contributed by atoms with Crippen LogP contribution < -0.4 is 11.1 Å². The first-order valence-corrected chi connectivity index (χ1v) is 12.5. The van der Waals surface area contributed by atoms with E-state index < -0.39 is 5.60 Å². The molecule has 4 N–H and O–H groups in total. The van der Waals surface area contributed by atoms with Crippen LogP contribution in [0.5, 0.6) is 0 Å². The fraction of sp³-hybridized carbons (Fsp3) is 0.538. The second-order valence-corrected chi connectivity index (χ2v) is 10.2. The van der Waals surface area contributed by atoms with Gasteiger partial charge in [0.25, 0.3) is 0 Å². The number of imidazole rings is 1. The van der Waals surface area contributed by atoms with Crippen molar-refractivity contribution in [3.63, 3.8) is 0 Å². The highest BCUT2D eigenvalue weighted by molar-refractivity contribution is 5.89. The summed E-state index contributed by atoms with van der Waals surface area (Å²) in [6.45, 7) is 10.1. The fourth-order valence-corrected chi connectivity index (χ4v) is 5.09. The highest BCUT2D eigenvalue weighted by Gasteiger charge is 2.27. The van der Waals surface area contributed by atoms with Crippen molar-refractivity contribution in [2.45, 2.75) is 78.4 Å². The average molecular weight is 479 g/mol. The summed E-state index contributed by atoms with van der Waals surface area (Å²) in [7, 11) is 1.81. The molecular weight excluding hydrogens is 440 g/mol. The van der Waals surface area contributed by atoms with Gasteiger partial charge >= 0.3 is 0 Å². The van der Waals surface area contributed by atoms with Gasteiger partial charge in [-0.05, 0) is 71.6 Å². The highest BCUT2D eigenvalue weighted by atomic mass is 16.3. The summed E-state index contributed by atoms with van der Waals surface area (Å²) in [4.78, 5) is 13.8. The van der Waals surface area contributed by atoms with E-state index in [1.165, 1.54) is 32.1 Å². The molecule has 0 aliphatic heterocycles. The van der Waals surface area contributed by atoms with Crippen molar-refractivity contribution < 1.29 is 5.11 Å². The van der Waals surface area contributed by atoms with Crippen LogP contribution in [-0.4, -0.2) is 46.9 Å². The lowest BCUT2D eigenvalue weighted by molar-refractivity contribution is 0.000833. The number of rotatable bonds is 4. The number of hydrogen-bond donors (Lipinski definition) is 3. The van der Waals surface area contributed by atoms with E-state index in [2.05, 4.69) is 38.8 Å². The SMILES string of the molecule is CC(C)(O)C1CCCCC1.CNc1nc(N)nn2ccc(-c3ccc4nc(C)n(C(C)C)c4n3)c12. The van der Waals surface area contributed by atoms with Crippen molar-refractivity contribution in [2.24, 2.45) is 5.92 Å². The molecule has 4 heterocycles. The second kappa shape index (κ2) is 9.81. The molecule has 0 unspecified atom stereocenters. The number of hydrogen-bond acceptors (Lipinski definition) is 7. The number of nitrogen functional groups attached to an aromatic ring is 1. The summed E-state index contributed by atoms with van der Waals surface area (Å²) >= 11 is 0. The van der Waals surface area contributed by atoms with Crippen LogP contribution in [0.15, 0.2) is 24.4 Å². The van der Waals surface area contributed by atoms with Crippen molar-refractivity contribution in [2.75, 3.05) is 18.1 Å². The van der Waals surface area contributed by atoms with Crippen molar-refractivity contribution in [3.05, 3.63) is 30.2 Å². The van der Waals surface area contributed by atoms with E-state index in [1.807, 2.05) is 52.2 Å². The highest BCUT2D eigenvalue weighted by Crippen LogP contribution is 2.32. The summed E-state index contributed by atoms with van der Waals surface area (Å²) in [5.41, 5.74) is 9.75. The number of aliphatic hydroxyl groups is 1. The standard InChI is InChI=1S/C17H20N8.C9H18O/c1-9(2)25-10(3)20-13-6-5-12(21-16(13)25)11-7-8-24-14(11)15(19-4)22-17(18)23-24;1-9(2,10)8-6-4-3-5-7-8/h5-9H,1-4H3,(H3,18,19,22,23);8,10H,3-7H2,1-2H3. The Morgan fingerprint density at radius 1 is 1.09 bits per heavy atom. The van der Waals surface area contributed by atoms with Gasteiger partial charge in [0.15, 0.2) is 11.5 Å². The van der Waals surface area contributed by atoms with Crippen LogP contribution in [0.3, 0.4) is 0 Å². The molecule has 1 aliphatic carbocycles. The van der Waals surface area contributed by atoms with Gasteiger partial charge in [-0.1, -0.05) is 19.3 Å². The second-order valence-electron chi connectivity index (χ2n) is 10.2. The van der Waals surface area contributed by atoms with Gasteiger partial charge < -0.3 is 20.7 Å². The molecule has 5 rings (SSSR count). The maximum absolute atomic E-state index is 9.64. The molecule has 0 radical (unpaired) electrons. The van der Waals surface area contributed by atoms with Crippen LogP contribution in [0.25, 0.3) is 27.9 Å².